The van der Waals surface area contributed by atoms with E-state index in [1.807, 2.05) is 30.3 Å². The van der Waals surface area contributed by atoms with Crippen molar-refractivity contribution < 1.29 is 19.0 Å². The van der Waals surface area contributed by atoms with E-state index in [0.29, 0.717) is 24.9 Å². The molecule has 0 radical (unpaired) electrons. The smallest absolute Gasteiger partial charge is 0.264 e. The summed E-state index contributed by atoms with van der Waals surface area (Å²) in [5, 5.41) is 9.25. The molecule has 1 unspecified atom stereocenters. The van der Waals surface area contributed by atoms with Gasteiger partial charge >= 0.3 is 0 Å². The number of carbonyl (C=O) groups excluding carboxylic acids is 1. The highest BCUT2D eigenvalue weighted by Crippen LogP contribution is 2.32. The molecule has 1 aliphatic heterocycles. The Morgan fingerprint density at radius 3 is 2.67 bits per heavy atom. The Bertz CT molecular complexity index is 705. The molecule has 24 heavy (non-hydrogen) atoms. The lowest BCUT2D eigenvalue weighted by atomic mass is 10.1. The van der Waals surface area contributed by atoms with Crippen molar-refractivity contribution in [3.63, 3.8) is 0 Å². The van der Waals surface area contributed by atoms with Gasteiger partial charge in [0, 0.05) is 25.1 Å². The highest BCUT2D eigenvalue weighted by atomic mass is 19.1. The van der Waals surface area contributed by atoms with Crippen LogP contribution < -0.4 is 4.74 Å². The van der Waals surface area contributed by atoms with Crippen LogP contribution in [0.4, 0.5) is 4.39 Å². The maximum atomic E-state index is 13.8. The minimum atomic E-state index is -0.723. The van der Waals surface area contributed by atoms with Crippen LogP contribution >= 0.6 is 0 Å². The number of nitrogens with zero attached hydrogens (tertiary/aromatic N) is 1. The number of amides is 1. The number of rotatable bonds is 6. The molecule has 1 amide bonds. The third-order valence-electron chi connectivity index (χ3n) is 4.18. The van der Waals surface area contributed by atoms with Crippen LogP contribution in [0.5, 0.6) is 5.75 Å². The summed E-state index contributed by atoms with van der Waals surface area (Å²) in [5.41, 5.74) is 1.83. The molecule has 0 saturated heterocycles. The third-order valence-corrected chi connectivity index (χ3v) is 4.18. The molecule has 0 spiro atoms. The van der Waals surface area contributed by atoms with Crippen LogP contribution in [-0.4, -0.2) is 41.7 Å². The maximum Gasteiger partial charge on any atom is 0.264 e. The Hall–Kier alpha value is -2.40. The number of benzene rings is 2. The first-order valence-corrected chi connectivity index (χ1v) is 8.06. The number of hydrogen-bond acceptors (Lipinski definition) is 3. The molecule has 0 fully saturated rings. The highest BCUT2D eigenvalue weighted by molar-refractivity contribution is 5.82. The molecule has 2 aromatic rings. The predicted octanol–water partition coefficient (Wildman–Crippen LogP) is 2.19. The number of carbonyl (C=O) groups is 1. The molecule has 1 N–H and O–H groups in total. The maximum absolute atomic E-state index is 13.8. The number of halogens is 1. The molecule has 0 bridgehead atoms. The van der Waals surface area contributed by atoms with Crippen LogP contribution in [0.1, 0.15) is 11.1 Å². The summed E-state index contributed by atoms with van der Waals surface area (Å²) in [6, 6.07) is 14.6. The second kappa shape index (κ2) is 7.45. The number of aliphatic hydroxyl groups excluding tert-OH is 1. The quantitative estimate of drug-likeness (QED) is 0.884. The van der Waals surface area contributed by atoms with Crippen molar-refractivity contribution in [1.82, 2.24) is 4.90 Å². The van der Waals surface area contributed by atoms with E-state index >= 15 is 0 Å². The van der Waals surface area contributed by atoms with Crippen molar-refractivity contribution in [2.75, 3.05) is 19.7 Å². The normalized spacial score (nSPS) is 15.7. The van der Waals surface area contributed by atoms with Gasteiger partial charge in [-0.05, 0) is 18.1 Å². The predicted molar refractivity (Wildman–Crippen MR) is 88.3 cm³/mol. The van der Waals surface area contributed by atoms with Gasteiger partial charge in [-0.1, -0.05) is 42.5 Å². The summed E-state index contributed by atoms with van der Waals surface area (Å²) < 4.78 is 19.3. The number of ether oxygens (including phenoxy) is 1. The standard InChI is InChI=1S/C19H20FNO3/c20-16-8-4-7-15-13-17(24-18(15)16)19(23)21(11-12-22)10-9-14-5-2-1-3-6-14/h1-8,17,22H,9-13H2. The molecule has 1 aliphatic rings. The number of aliphatic hydroxyl groups is 1. The lowest BCUT2D eigenvalue weighted by Crippen LogP contribution is -2.43. The average molecular weight is 329 g/mol. The highest BCUT2D eigenvalue weighted by Gasteiger charge is 2.33. The molecule has 126 valence electrons. The Morgan fingerprint density at radius 2 is 1.96 bits per heavy atom. The molecule has 1 atom stereocenters. The summed E-state index contributed by atoms with van der Waals surface area (Å²) in [6.07, 6.45) is 0.332. The van der Waals surface area contributed by atoms with Crippen LogP contribution in [0.25, 0.3) is 0 Å². The largest absolute Gasteiger partial charge is 0.477 e. The van der Waals surface area contributed by atoms with E-state index in [1.54, 1.807) is 17.0 Å². The van der Waals surface area contributed by atoms with Gasteiger partial charge in [-0.15, -0.1) is 0 Å². The van der Waals surface area contributed by atoms with Crippen molar-refractivity contribution in [2.45, 2.75) is 18.9 Å². The van der Waals surface area contributed by atoms with E-state index in [2.05, 4.69) is 0 Å². The molecular formula is C19H20FNO3. The van der Waals surface area contributed by atoms with Gasteiger partial charge < -0.3 is 14.7 Å². The minimum Gasteiger partial charge on any atom is -0.477 e. The number of para-hydroxylation sites is 1. The third kappa shape index (κ3) is 3.57. The van der Waals surface area contributed by atoms with Crippen molar-refractivity contribution in [3.05, 3.63) is 65.5 Å². The Balaban J connectivity index is 1.66. The van der Waals surface area contributed by atoms with Crippen LogP contribution in [0, 0.1) is 5.82 Å². The van der Waals surface area contributed by atoms with Crippen LogP contribution in [0.2, 0.25) is 0 Å². The summed E-state index contributed by atoms with van der Waals surface area (Å²) in [6.45, 7) is 0.612. The van der Waals surface area contributed by atoms with Gasteiger partial charge in [0.25, 0.3) is 5.91 Å². The van der Waals surface area contributed by atoms with E-state index in [1.165, 1.54) is 6.07 Å². The number of fused-ring (bicyclic) bond motifs is 1. The summed E-state index contributed by atoms with van der Waals surface area (Å²) in [7, 11) is 0. The molecule has 0 aliphatic carbocycles. The lowest BCUT2D eigenvalue weighted by molar-refractivity contribution is -0.138. The molecule has 3 rings (SSSR count). The van der Waals surface area contributed by atoms with Crippen molar-refractivity contribution in [1.29, 1.82) is 0 Å². The van der Waals surface area contributed by atoms with Gasteiger partial charge in [-0.25, -0.2) is 4.39 Å². The first-order chi connectivity index (χ1) is 11.7. The molecule has 2 aromatic carbocycles. The zero-order valence-corrected chi connectivity index (χ0v) is 13.3. The van der Waals surface area contributed by atoms with Crippen LogP contribution in [0.15, 0.2) is 48.5 Å². The van der Waals surface area contributed by atoms with Crippen molar-refractivity contribution in [3.8, 4) is 5.75 Å². The molecule has 1 heterocycles. The van der Waals surface area contributed by atoms with Gasteiger partial charge in [0.2, 0.25) is 0 Å². The second-order valence-electron chi connectivity index (χ2n) is 5.82. The second-order valence-corrected chi connectivity index (χ2v) is 5.82. The number of hydrogen-bond donors (Lipinski definition) is 1. The molecule has 0 saturated carbocycles. The van der Waals surface area contributed by atoms with Gasteiger partial charge in [0.15, 0.2) is 17.7 Å². The van der Waals surface area contributed by atoms with Gasteiger partial charge in [-0.2, -0.15) is 0 Å². The van der Waals surface area contributed by atoms with E-state index < -0.39 is 11.9 Å². The van der Waals surface area contributed by atoms with E-state index in [9.17, 15) is 14.3 Å². The SMILES string of the molecule is O=C(C1Cc2cccc(F)c2O1)N(CCO)CCc1ccccc1. The fourth-order valence-corrected chi connectivity index (χ4v) is 2.93. The Labute approximate surface area is 140 Å². The van der Waals surface area contributed by atoms with Crippen molar-refractivity contribution in [2.24, 2.45) is 0 Å². The topological polar surface area (TPSA) is 49.8 Å². The fourth-order valence-electron chi connectivity index (χ4n) is 2.93. The average Bonchev–Trinajstić information content (AvgIpc) is 3.04. The zero-order valence-electron chi connectivity index (χ0n) is 13.3. The minimum absolute atomic E-state index is 0.117. The van der Waals surface area contributed by atoms with E-state index in [-0.39, 0.29) is 24.8 Å². The van der Waals surface area contributed by atoms with E-state index in [4.69, 9.17) is 4.74 Å². The van der Waals surface area contributed by atoms with Crippen LogP contribution in [-0.2, 0) is 17.6 Å². The fraction of sp³-hybridized carbons (Fsp3) is 0.316. The Morgan fingerprint density at radius 1 is 1.17 bits per heavy atom. The molecule has 0 aromatic heterocycles. The van der Waals surface area contributed by atoms with Crippen molar-refractivity contribution >= 4 is 5.91 Å². The first kappa shape index (κ1) is 16.5. The lowest BCUT2D eigenvalue weighted by Gasteiger charge is -2.24. The first-order valence-electron chi connectivity index (χ1n) is 8.06. The molecule has 4 nitrogen and oxygen atoms in total. The summed E-state index contributed by atoms with van der Waals surface area (Å²) in [5.74, 6) is -0.487. The van der Waals surface area contributed by atoms with Gasteiger partial charge in [0.1, 0.15) is 0 Å². The van der Waals surface area contributed by atoms with Crippen LogP contribution in [0.3, 0.4) is 0 Å². The van der Waals surface area contributed by atoms with E-state index in [0.717, 1.165) is 5.56 Å². The Kier molecular flexibility index (Phi) is 5.11. The molecule has 5 heteroatoms. The summed E-state index contributed by atoms with van der Waals surface area (Å²) >= 11 is 0. The van der Waals surface area contributed by atoms with Gasteiger partial charge in [0.05, 0.1) is 6.61 Å². The zero-order chi connectivity index (χ0) is 16.9. The monoisotopic (exact) mass is 329 g/mol. The molecular weight excluding hydrogens is 309 g/mol. The van der Waals surface area contributed by atoms with Gasteiger partial charge in [-0.3, -0.25) is 4.79 Å². The summed E-state index contributed by atoms with van der Waals surface area (Å²) in [4.78, 5) is 14.3.